The minimum atomic E-state index is 0.180. The second kappa shape index (κ2) is 7.11. The molecule has 3 rings (SSSR count). The van der Waals surface area contributed by atoms with Gasteiger partial charge in [-0.25, -0.2) is 0 Å². The van der Waals surface area contributed by atoms with Gasteiger partial charge in [-0.15, -0.1) is 0 Å². The molecule has 1 heterocycles. The van der Waals surface area contributed by atoms with Crippen LogP contribution in [0.1, 0.15) is 17.5 Å². The normalized spacial score (nSPS) is 21.3. The van der Waals surface area contributed by atoms with Crippen molar-refractivity contribution in [2.75, 3.05) is 40.0 Å². The van der Waals surface area contributed by atoms with Crippen molar-refractivity contribution in [1.82, 2.24) is 10.2 Å². The van der Waals surface area contributed by atoms with Gasteiger partial charge in [0.15, 0.2) is 0 Å². The Bertz CT molecular complexity index is 527. The third-order valence-electron chi connectivity index (χ3n) is 4.55. The topological polar surface area (TPSA) is 50.8 Å². The maximum Gasteiger partial charge on any atom is 0.236 e. The van der Waals surface area contributed by atoms with E-state index in [0.717, 1.165) is 25.0 Å². The molecule has 22 heavy (non-hydrogen) atoms. The third kappa shape index (κ3) is 3.59. The summed E-state index contributed by atoms with van der Waals surface area (Å²) < 4.78 is 10.6. The van der Waals surface area contributed by atoms with Crippen molar-refractivity contribution in [2.45, 2.75) is 25.3 Å². The van der Waals surface area contributed by atoms with Crippen LogP contribution in [-0.4, -0.2) is 56.8 Å². The molecule has 1 N–H and O–H groups in total. The fourth-order valence-corrected chi connectivity index (χ4v) is 3.19. The minimum Gasteiger partial charge on any atom is -0.497 e. The number of hydrogen-bond donors (Lipinski definition) is 1. The first-order valence-electron chi connectivity index (χ1n) is 8.01. The van der Waals surface area contributed by atoms with Crippen LogP contribution in [0.5, 0.6) is 5.75 Å². The van der Waals surface area contributed by atoms with Crippen molar-refractivity contribution in [1.29, 1.82) is 0 Å². The van der Waals surface area contributed by atoms with E-state index in [1.54, 1.807) is 7.11 Å². The van der Waals surface area contributed by atoms with Crippen LogP contribution in [0.4, 0.5) is 0 Å². The first-order valence-corrected chi connectivity index (χ1v) is 8.01. The number of morpholine rings is 1. The van der Waals surface area contributed by atoms with E-state index >= 15 is 0 Å². The van der Waals surface area contributed by atoms with E-state index in [-0.39, 0.29) is 5.91 Å². The lowest BCUT2D eigenvalue weighted by Crippen LogP contribution is -2.47. The van der Waals surface area contributed by atoms with Crippen LogP contribution >= 0.6 is 0 Å². The number of nitrogens with one attached hydrogen (secondary N) is 1. The fourth-order valence-electron chi connectivity index (χ4n) is 3.19. The van der Waals surface area contributed by atoms with E-state index in [1.165, 1.54) is 11.1 Å². The van der Waals surface area contributed by atoms with Crippen LogP contribution in [0.25, 0.3) is 0 Å². The van der Waals surface area contributed by atoms with E-state index in [0.29, 0.717) is 38.9 Å². The summed E-state index contributed by atoms with van der Waals surface area (Å²) >= 11 is 0. The molecule has 2 aliphatic rings. The fraction of sp³-hybridized carbons (Fsp3) is 0.588. The molecule has 1 fully saturated rings. The van der Waals surface area contributed by atoms with Gasteiger partial charge >= 0.3 is 0 Å². The number of carbonyl (C=O) groups excluding carboxylic acids is 1. The summed E-state index contributed by atoms with van der Waals surface area (Å²) in [5.41, 5.74) is 2.74. The Morgan fingerprint density at radius 2 is 2.18 bits per heavy atom. The summed E-state index contributed by atoms with van der Waals surface area (Å²) in [6, 6.07) is 6.66. The smallest absolute Gasteiger partial charge is 0.236 e. The molecule has 1 aliphatic heterocycles. The number of carbonyl (C=O) groups is 1. The highest BCUT2D eigenvalue weighted by molar-refractivity contribution is 5.78. The molecule has 0 radical (unpaired) electrons. The summed E-state index contributed by atoms with van der Waals surface area (Å²) in [5, 5.41) is 3.42. The van der Waals surface area contributed by atoms with Gasteiger partial charge in [-0.05, 0) is 42.5 Å². The molecule has 1 aliphatic carbocycles. The lowest BCUT2D eigenvalue weighted by molar-refractivity contribution is -0.134. The number of rotatable bonds is 4. The second-order valence-corrected chi connectivity index (χ2v) is 5.95. The summed E-state index contributed by atoms with van der Waals surface area (Å²) in [6.07, 6.45) is 3.10. The molecule has 0 saturated carbocycles. The molecular weight excluding hydrogens is 280 g/mol. The van der Waals surface area contributed by atoms with Gasteiger partial charge < -0.3 is 19.7 Å². The predicted molar refractivity (Wildman–Crippen MR) is 84.2 cm³/mol. The molecule has 5 heteroatoms. The molecule has 1 unspecified atom stereocenters. The van der Waals surface area contributed by atoms with Gasteiger partial charge in [0.1, 0.15) is 5.75 Å². The van der Waals surface area contributed by atoms with E-state index in [2.05, 4.69) is 17.4 Å². The zero-order valence-corrected chi connectivity index (χ0v) is 13.1. The average molecular weight is 304 g/mol. The van der Waals surface area contributed by atoms with Gasteiger partial charge in [0.2, 0.25) is 5.91 Å². The van der Waals surface area contributed by atoms with Crippen LogP contribution < -0.4 is 10.1 Å². The zero-order chi connectivity index (χ0) is 15.4. The predicted octanol–water partition coefficient (Wildman–Crippen LogP) is 1.00. The van der Waals surface area contributed by atoms with Crippen molar-refractivity contribution >= 4 is 5.91 Å². The maximum absolute atomic E-state index is 12.2. The van der Waals surface area contributed by atoms with E-state index < -0.39 is 0 Å². The van der Waals surface area contributed by atoms with Gasteiger partial charge in [-0.3, -0.25) is 4.79 Å². The lowest BCUT2D eigenvalue weighted by atomic mass is 9.88. The van der Waals surface area contributed by atoms with Crippen molar-refractivity contribution < 1.29 is 14.3 Å². The molecule has 5 nitrogen and oxygen atoms in total. The summed E-state index contributed by atoms with van der Waals surface area (Å²) in [5.74, 6) is 1.09. The van der Waals surface area contributed by atoms with E-state index in [9.17, 15) is 4.79 Å². The Labute approximate surface area is 131 Å². The molecule has 1 aromatic rings. The van der Waals surface area contributed by atoms with E-state index in [1.807, 2.05) is 11.0 Å². The number of hydrogen-bond acceptors (Lipinski definition) is 4. The summed E-state index contributed by atoms with van der Waals surface area (Å²) in [4.78, 5) is 14.1. The first kappa shape index (κ1) is 15.3. The Balaban J connectivity index is 1.52. The molecule has 1 amide bonds. The van der Waals surface area contributed by atoms with Crippen molar-refractivity contribution in [3.8, 4) is 5.75 Å². The Morgan fingerprint density at radius 3 is 2.95 bits per heavy atom. The van der Waals surface area contributed by atoms with Gasteiger partial charge in [-0.1, -0.05) is 6.07 Å². The lowest BCUT2D eigenvalue weighted by Gasteiger charge is -2.29. The van der Waals surface area contributed by atoms with E-state index in [4.69, 9.17) is 9.47 Å². The van der Waals surface area contributed by atoms with Gasteiger partial charge in [-0.2, -0.15) is 0 Å². The monoisotopic (exact) mass is 304 g/mol. The molecule has 120 valence electrons. The van der Waals surface area contributed by atoms with Crippen molar-refractivity contribution in [3.05, 3.63) is 29.3 Å². The second-order valence-electron chi connectivity index (χ2n) is 5.95. The molecular formula is C17H24N2O3. The number of benzene rings is 1. The van der Waals surface area contributed by atoms with Crippen LogP contribution in [0.2, 0.25) is 0 Å². The van der Waals surface area contributed by atoms with Crippen LogP contribution in [0, 0.1) is 0 Å². The molecule has 0 spiro atoms. The van der Waals surface area contributed by atoms with Gasteiger partial charge in [0.05, 0.1) is 26.9 Å². The Morgan fingerprint density at radius 1 is 1.36 bits per heavy atom. The molecule has 0 bridgehead atoms. The number of fused-ring (bicyclic) bond motifs is 1. The highest BCUT2D eigenvalue weighted by atomic mass is 16.5. The average Bonchev–Trinajstić information content (AvgIpc) is 2.59. The zero-order valence-electron chi connectivity index (χ0n) is 13.1. The number of nitrogens with zero attached hydrogens (tertiary/aromatic N) is 1. The summed E-state index contributed by atoms with van der Waals surface area (Å²) in [7, 11) is 1.70. The van der Waals surface area contributed by atoms with Gasteiger partial charge in [0.25, 0.3) is 0 Å². The first-order chi connectivity index (χ1) is 10.8. The van der Waals surface area contributed by atoms with Crippen molar-refractivity contribution in [2.24, 2.45) is 0 Å². The van der Waals surface area contributed by atoms with Crippen molar-refractivity contribution in [3.63, 3.8) is 0 Å². The molecule has 1 saturated heterocycles. The van der Waals surface area contributed by atoms with Crippen LogP contribution in [0.15, 0.2) is 18.2 Å². The van der Waals surface area contributed by atoms with Crippen LogP contribution in [-0.2, 0) is 22.4 Å². The number of amides is 1. The number of aryl methyl sites for hydroxylation is 1. The molecule has 1 atom stereocenters. The Kier molecular flexibility index (Phi) is 4.95. The van der Waals surface area contributed by atoms with Crippen LogP contribution in [0.3, 0.4) is 0 Å². The standard InChI is InChI=1S/C17H24N2O3/c1-21-16-5-3-13-2-4-15(10-14(13)11-16)18-12-17(20)19-6-8-22-9-7-19/h3,5,11,15,18H,2,4,6-10,12H2,1H3. The molecule has 1 aromatic carbocycles. The number of methoxy groups -OCH3 is 1. The SMILES string of the molecule is COc1ccc2c(c1)CC(NCC(=O)N1CCOCC1)CC2. The highest BCUT2D eigenvalue weighted by Gasteiger charge is 2.21. The maximum atomic E-state index is 12.2. The molecule has 0 aromatic heterocycles. The highest BCUT2D eigenvalue weighted by Crippen LogP contribution is 2.25. The largest absolute Gasteiger partial charge is 0.497 e. The third-order valence-corrected chi connectivity index (χ3v) is 4.55. The summed E-state index contributed by atoms with van der Waals surface area (Å²) in [6.45, 7) is 3.16. The minimum absolute atomic E-state index is 0.180. The quantitative estimate of drug-likeness (QED) is 0.902. The van der Waals surface area contributed by atoms with Gasteiger partial charge in [0, 0.05) is 19.1 Å². The Hall–Kier alpha value is -1.59. The number of ether oxygens (including phenoxy) is 2.